The number of carbonyl (C=O) groups excluding carboxylic acids is 2. The lowest BCUT2D eigenvalue weighted by Gasteiger charge is -2.32. The fraction of sp³-hybridized carbons (Fsp3) is 0.333. The number of aryl methyl sites for hydroxylation is 2. The maximum absolute atomic E-state index is 12.8. The Bertz CT molecular complexity index is 1150. The van der Waals surface area contributed by atoms with Gasteiger partial charge < -0.3 is 20.5 Å². The molecule has 1 saturated heterocycles. The summed E-state index contributed by atoms with van der Waals surface area (Å²) in [5.74, 6) is -0.155. The summed E-state index contributed by atoms with van der Waals surface area (Å²) in [5, 5.41) is 9.94. The molecule has 1 aliphatic rings. The molecule has 0 spiro atoms. The number of carbonyl (C=O) groups is 2. The van der Waals surface area contributed by atoms with Crippen molar-refractivity contribution >= 4 is 17.6 Å². The minimum atomic E-state index is -0.260. The molecular formula is C21H25N7O3. The van der Waals surface area contributed by atoms with E-state index in [-0.39, 0.29) is 23.7 Å². The van der Waals surface area contributed by atoms with Gasteiger partial charge >= 0.3 is 11.7 Å². The zero-order chi connectivity index (χ0) is 22.0. The summed E-state index contributed by atoms with van der Waals surface area (Å²) in [4.78, 5) is 41.7. The maximum Gasteiger partial charge on any atom is 0.330 e. The number of rotatable bonds is 4. The van der Waals surface area contributed by atoms with E-state index in [0.717, 1.165) is 5.69 Å². The molecule has 31 heavy (non-hydrogen) atoms. The van der Waals surface area contributed by atoms with Gasteiger partial charge in [-0.1, -0.05) is 12.1 Å². The van der Waals surface area contributed by atoms with Crippen LogP contribution in [0.5, 0.6) is 0 Å². The number of amides is 3. The summed E-state index contributed by atoms with van der Waals surface area (Å²) in [6.45, 7) is 2.87. The number of aromatic amines is 1. The van der Waals surface area contributed by atoms with Gasteiger partial charge in [-0.3, -0.25) is 14.0 Å². The SMILES string of the molecule is Cc1c[nH]c(=O)n1-c1ccccc1NC(=O)N1CCC(NC(=O)c2cnn(C)c2)CC1. The zero-order valence-corrected chi connectivity index (χ0v) is 17.5. The smallest absolute Gasteiger partial charge is 0.330 e. The minimum Gasteiger partial charge on any atom is -0.349 e. The van der Waals surface area contributed by atoms with Crippen LogP contribution < -0.4 is 16.3 Å². The van der Waals surface area contributed by atoms with E-state index in [2.05, 4.69) is 20.7 Å². The fourth-order valence-corrected chi connectivity index (χ4v) is 3.76. The summed E-state index contributed by atoms with van der Waals surface area (Å²) in [5.41, 5.74) is 2.18. The van der Waals surface area contributed by atoms with Gasteiger partial charge in [0.05, 0.1) is 23.1 Å². The fourth-order valence-electron chi connectivity index (χ4n) is 3.76. The number of nitrogens with one attached hydrogen (secondary N) is 3. The number of piperidine rings is 1. The van der Waals surface area contributed by atoms with Crippen LogP contribution in [0.2, 0.25) is 0 Å². The standard InChI is InChI=1S/C21H25N7O3/c1-14-11-22-20(30)28(14)18-6-4-3-5-17(18)25-21(31)27-9-7-16(8-10-27)24-19(29)15-12-23-26(2)13-15/h3-6,11-13,16H,7-10H2,1-2H3,(H,22,30)(H,24,29)(H,25,31). The first-order chi connectivity index (χ1) is 14.9. The van der Waals surface area contributed by atoms with Crippen LogP contribution in [-0.2, 0) is 7.05 Å². The molecule has 4 rings (SSSR count). The third-order valence-electron chi connectivity index (χ3n) is 5.43. The highest BCUT2D eigenvalue weighted by atomic mass is 16.2. The Kier molecular flexibility index (Phi) is 5.61. The Morgan fingerprint density at radius 3 is 2.58 bits per heavy atom. The lowest BCUT2D eigenvalue weighted by atomic mass is 10.0. The maximum atomic E-state index is 12.8. The van der Waals surface area contributed by atoms with E-state index in [1.54, 1.807) is 41.2 Å². The van der Waals surface area contributed by atoms with Gasteiger partial charge in [-0.15, -0.1) is 0 Å². The molecule has 0 atom stereocenters. The molecule has 0 aliphatic carbocycles. The summed E-state index contributed by atoms with van der Waals surface area (Å²) < 4.78 is 3.11. The van der Waals surface area contributed by atoms with Crippen LogP contribution >= 0.6 is 0 Å². The molecule has 1 aliphatic heterocycles. The third kappa shape index (κ3) is 4.37. The van der Waals surface area contributed by atoms with E-state index in [1.807, 2.05) is 19.1 Å². The van der Waals surface area contributed by atoms with Crippen LogP contribution in [0.3, 0.4) is 0 Å². The largest absolute Gasteiger partial charge is 0.349 e. The first kappa shape index (κ1) is 20.5. The molecule has 2 aromatic heterocycles. The Morgan fingerprint density at radius 2 is 1.94 bits per heavy atom. The number of imidazole rings is 1. The molecule has 3 aromatic rings. The molecule has 0 unspecified atom stereocenters. The van der Waals surface area contributed by atoms with Crippen molar-refractivity contribution in [3.8, 4) is 5.69 Å². The number of aromatic nitrogens is 4. The Hall–Kier alpha value is -3.82. The van der Waals surface area contributed by atoms with Crippen LogP contribution in [-0.4, -0.2) is 55.3 Å². The molecule has 1 fully saturated rings. The number of H-pyrrole nitrogens is 1. The Morgan fingerprint density at radius 1 is 1.19 bits per heavy atom. The Balaban J connectivity index is 1.37. The van der Waals surface area contributed by atoms with E-state index in [0.29, 0.717) is 42.9 Å². The summed E-state index contributed by atoms with van der Waals surface area (Å²) >= 11 is 0. The predicted molar refractivity (Wildman–Crippen MR) is 115 cm³/mol. The predicted octanol–water partition coefficient (Wildman–Crippen LogP) is 1.63. The number of urea groups is 1. The lowest BCUT2D eigenvalue weighted by molar-refractivity contribution is 0.0919. The number of hydrogen-bond acceptors (Lipinski definition) is 4. The van der Waals surface area contributed by atoms with Crippen LogP contribution in [0.4, 0.5) is 10.5 Å². The second-order valence-electron chi connectivity index (χ2n) is 7.66. The molecule has 0 radical (unpaired) electrons. The van der Waals surface area contributed by atoms with Crippen LogP contribution in [0.1, 0.15) is 28.9 Å². The van der Waals surface area contributed by atoms with Gasteiger partial charge in [0.25, 0.3) is 5.91 Å². The van der Waals surface area contributed by atoms with Gasteiger partial charge in [-0.2, -0.15) is 5.10 Å². The first-order valence-corrected chi connectivity index (χ1v) is 10.1. The van der Waals surface area contributed by atoms with Crippen molar-refractivity contribution in [2.24, 2.45) is 7.05 Å². The zero-order valence-electron chi connectivity index (χ0n) is 17.5. The van der Waals surface area contributed by atoms with Crippen LogP contribution in [0.25, 0.3) is 5.69 Å². The van der Waals surface area contributed by atoms with Gasteiger partial charge in [0.1, 0.15) is 0 Å². The topological polar surface area (TPSA) is 117 Å². The van der Waals surface area contributed by atoms with E-state index in [9.17, 15) is 14.4 Å². The number of benzene rings is 1. The molecule has 10 heteroatoms. The molecule has 10 nitrogen and oxygen atoms in total. The second kappa shape index (κ2) is 8.50. The van der Waals surface area contributed by atoms with Crippen molar-refractivity contribution in [3.63, 3.8) is 0 Å². The van der Waals surface area contributed by atoms with E-state index < -0.39 is 0 Å². The number of nitrogens with zero attached hydrogens (tertiary/aromatic N) is 4. The highest BCUT2D eigenvalue weighted by molar-refractivity contribution is 5.94. The molecule has 3 N–H and O–H groups in total. The summed E-state index contributed by atoms with van der Waals surface area (Å²) in [7, 11) is 1.76. The van der Waals surface area contributed by atoms with Crippen molar-refractivity contribution < 1.29 is 9.59 Å². The lowest BCUT2D eigenvalue weighted by Crippen LogP contribution is -2.47. The van der Waals surface area contributed by atoms with Crippen molar-refractivity contribution in [2.45, 2.75) is 25.8 Å². The summed E-state index contributed by atoms with van der Waals surface area (Å²) in [6.07, 6.45) is 6.17. The van der Waals surface area contributed by atoms with Crippen molar-refractivity contribution in [3.05, 3.63) is 64.6 Å². The quantitative estimate of drug-likeness (QED) is 0.591. The van der Waals surface area contributed by atoms with Gasteiger partial charge in [0.2, 0.25) is 0 Å². The Labute approximate surface area is 178 Å². The van der Waals surface area contributed by atoms with E-state index >= 15 is 0 Å². The van der Waals surface area contributed by atoms with Gasteiger partial charge in [-0.05, 0) is 31.9 Å². The van der Waals surface area contributed by atoms with Gasteiger partial charge in [0, 0.05) is 44.3 Å². The summed E-state index contributed by atoms with van der Waals surface area (Å²) in [6, 6.07) is 6.97. The van der Waals surface area contributed by atoms with Crippen molar-refractivity contribution in [1.29, 1.82) is 0 Å². The van der Waals surface area contributed by atoms with Crippen LogP contribution in [0, 0.1) is 6.92 Å². The second-order valence-corrected chi connectivity index (χ2v) is 7.66. The number of hydrogen-bond donors (Lipinski definition) is 3. The minimum absolute atomic E-state index is 0.00475. The molecule has 162 valence electrons. The number of likely N-dealkylation sites (tertiary alicyclic amines) is 1. The first-order valence-electron chi connectivity index (χ1n) is 10.1. The van der Waals surface area contributed by atoms with Gasteiger partial charge in [-0.25, -0.2) is 9.59 Å². The number of anilines is 1. The highest BCUT2D eigenvalue weighted by Crippen LogP contribution is 2.21. The van der Waals surface area contributed by atoms with E-state index in [4.69, 9.17) is 0 Å². The molecular weight excluding hydrogens is 398 g/mol. The average molecular weight is 423 g/mol. The average Bonchev–Trinajstić information content (AvgIpc) is 3.34. The molecule has 3 amide bonds. The van der Waals surface area contributed by atoms with E-state index in [1.165, 1.54) is 10.8 Å². The van der Waals surface area contributed by atoms with Gasteiger partial charge in [0.15, 0.2) is 0 Å². The highest BCUT2D eigenvalue weighted by Gasteiger charge is 2.25. The van der Waals surface area contributed by atoms with Crippen molar-refractivity contribution in [1.82, 2.24) is 29.5 Å². The molecule has 0 bridgehead atoms. The third-order valence-corrected chi connectivity index (χ3v) is 5.43. The van der Waals surface area contributed by atoms with Crippen molar-refractivity contribution in [2.75, 3.05) is 18.4 Å². The molecule has 1 aromatic carbocycles. The molecule has 3 heterocycles. The number of para-hydroxylation sites is 2. The monoisotopic (exact) mass is 423 g/mol. The van der Waals surface area contributed by atoms with Crippen LogP contribution in [0.15, 0.2) is 47.7 Å². The normalized spacial score (nSPS) is 14.5. The molecule has 0 saturated carbocycles.